The lowest BCUT2D eigenvalue weighted by molar-refractivity contribution is -0.139. The van der Waals surface area contributed by atoms with Gasteiger partial charge >= 0.3 is 5.97 Å². The van der Waals surface area contributed by atoms with Gasteiger partial charge in [0, 0.05) is 11.0 Å². The van der Waals surface area contributed by atoms with Gasteiger partial charge in [-0.15, -0.1) is 0 Å². The molecule has 0 aromatic heterocycles. The number of aryl methyl sites for hydroxylation is 1. The minimum atomic E-state index is -0.730. The normalized spacial score (nSPS) is 18.2. The molecule has 1 aliphatic heterocycles. The molecule has 1 unspecified atom stereocenters. The Morgan fingerprint density at radius 3 is 2.68 bits per heavy atom. The fraction of sp³-hybridized carbons (Fsp3) is 0.533. The van der Waals surface area contributed by atoms with Gasteiger partial charge in [0.2, 0.25) is 0 Å². The Balaban J connectivity index is 2.19. The highest BCUT2D eigenvalue weighted by Crippen LogP contribution is 2.26. The van der Waals surface area contributed by atoms with Crippen molar-refractivity contribution in [3.63, 3.8) is 0 Å². The molecule has 1 aliphatic rings. The maximum atomic E-state index is 11.6. The van der Waals surface area contributed by atoms with Gasteiger partial charge in [-0.1, -0.05) is 28.4 Å². The van der Waals surface area contributed by atoms with Crippen LogP contribution < -0.4 is 0 Å². The molecule has 1 aromatic rings. The van der Waals surface area contributed by atoms with Crippen LogP contribution in [0.4, 0.5) is 0 Å². The summed E-state index contributed by atoms with van der Waals surface area (Å²) in [5.74, 6) is -1.16. The fourth-order valence-electron chi connectivity index (χ4n) is 2.70. The lowest BCUT2D eigenvalue weighted by Gasteiger charge is -2.29. The first kappa shape index (κ1) is 14.5. The van der Waals surface area contributed by atoms with E-state index in [0.717, 1.165) is 28.7 Å². The summed E-state index contributed by atoms with van der Waals surface area (Å²) in [5.41, 5.74) is 1.97. The van der Waals surface area contributed by atoms with Gasteiger partial charge in [0.05, 0.1) is 5.92 Å². The number of rotatable bonds is 4. The molecule has 0 amide bonds. The summed E-state index contributed by atoms with van der Waals surface area (Å²) in [6.07, 6.45) is 3.64. The van der Waals surface area contributed by atoms with Crippen LogP contribution in [0, 0.1) is 6.92 Å². The molecule has 104 valence electrons. The molecule has 0 radical (unpaired) electrons. The monoisotopic (exact) mass is 325 g/mol. The van der Waals surface area contributed by atoms with Gasteiger partial charge in [-0.3, -0.25) is 4.79 Å². The number of likely N-dealkylation sites (tertiary alicyclic amines) is 1. The molecule has 4 heteroatoms. The zero-order chi connectivity index (χ0) is 13.8. The number of benzene rings is 1. The molecule has 1 saturated heterocycles. The van der Waals surface area contributed by atoms with Crippen molar-refractivity contribution in [2.24, 2.45) is 0 Å². The molecule has 3 nitrogen and oxygen atoms in total. The van der Waals surface area contributed by atoms with Crippen molar-refractivity contribution in [1.29, 1.82) is 0 Å². The molecular weight excluding hydrogens is 306 g/mol. The Morgan fingerprint density at radius 2 is 2.05 bits per heavy atom. The smallest absolute Gasteiger partial charge is 0.312 e. The predicted octanol–water partition coefficient (Wildman–Crippen LogP) is 3.41. The van der Waals surface area contributed by atoms with Crippen molar-refractivity contribution < 1.29 is 9.90 Å². The van der Waals surface area contributed by atoms with Crippen LogP contribution in [0.2, 0.25) is 0 Å². The molecule has 19 heavy (non-hydrogen) atoms. The van der Waals surface area contributed by atoms with Crippen LogP contribution in [-0.4, -0.2) is 35.6 Å². The van der Waals surface area contributed by atoms with Crippen molar-refractivity contribution in [2.75, 3.05) is 19.6 Å². The van der Waals surface area contributed by atoms with Gasteiger partial charge in [0.1, 0.15) is 0 Å². The van der Waals surface area contributed by atoms with E-state index in [1.54, 1.807) is 0 Å². The summed E-state index contributed by atoms with van der Waals surface area (Å²) in [4.78, 5) is 13.9. The van der Waals surface area contributed by atoms with Crippen LogP contribution in [0.3, 0.4) is 0 Å². The standard InChI is InChI=1S/C15H20BrNO2/c1-11-5-6-12(16)9-13(11)14(15(18)19)10-17-7-3-2-4-8-17/h5-6,9,14H,2-4,7-8,10H2,1H3,(H,18,19). The first-order valence-electron chi connectivity index (χ1n) is 6.79. The van der Waals surface area contributed by atoms with E-state index in [1.165, 1.54) is 19.3 Å². The third-order valence-electron chi connectivity index (χ3n) is 3.80. The number of hydrogen-bond donors (Lipinski definition) is 1. The second kappa shape index (κ2) is 6.53. The fourth-order valence-corrected chi connectivity index (χ4v) is 3.08. The summed E-state index contributed by atoms with van der Waals surface area (Å²) in [7, 11) is 0. The van der Waals surface area contributed by atoms with Crippen LogP contribution in [0.5, 0.6) is 0 Å². The number of aliphatic carboxylic acids is 1. The second-order valence-corrected chi connectivity index (χ2v) is 6.17. The van der Waals surface area contributed by atoms with Crippen molar-refractivity contribution in [3.8, 4) is 0 Å². The quantitative estimate of drug-likeness (QED) is 0.922. The first-order valence-corrected chi connectivity index (χ1v) is 7.58. The largest absolute Gasteiger partial charge is 0.481 e. The third kappa shape index (κ3) is 3.80. The highest BCUT2D eigenvalue weighted by molar-refractivity contribution is 9.10. The summed E-state index contributed by atoms with van der Waals surface area (Å²) in [6.45, 7) is 4.65. The van der Waals surface area contributed by atoms with Crippen LogP contribution in [-0.2, 0) is 4.79 Å². The lowest BCUT2D eigenvalue weighted by atomic mass is 9.93. The lowest BCUT2D eigenvalue weighted by Crippen LogP contribution is -2.36. The Kier molecular flexibility index (Phi) is 4.99. The molecule has 2 rings (SSSR count). The SMILES string of the molecule is Cc1ccc(Br)cc1C(CN1CCCCC1)C(=O)O. The van der Waals surface area contributed by atoms with E-state index < -0.39 is 11.9 Å². The van der Waals surface area contributed by atoms with Crippen molar-refractivity contribution in [1.82, 2.24) is 4.90 Å². The molecule has 0 bridgehead atoms. The van der Waals surface area contributed by atoms with Crippen molar-refractivity contribution in [2.45, 2.75) is 32.1 Å². The van der Waals surface area contributed by atoms with Gasteiger partial charge in [-0.05, 0) is 56.1 Å². The maximum absolute atomic E-state index is 11.6. The highest BCUT2D eigenvalue weighted by Gasteiger charge is 2.25. The van der Waals surface area contributed by atoms with Crippen LogP contribution in [0.25, 0.3) is 0 Å². The zero-order valence-corrected chi connectivity index (χ0v) is 12.8. The van der Waals surface area contributed by atoms with Gasteiger partial charge in [-0.2, -0.15) is 0 Å². The summed E-state index contributed by atoms with van der Waals surface area (Å²) >= 11 is 3.43. The Bertz CT molecular complexity index is 455. The number of carbonyl (C=O) groups is 1. The number of carboxylic acid groups (broad SMARTS) is 1. The Labute approximate surface area is 122 Å². The topological polar surface area (TPSA) is 40.5 Å². The first-order chi connectivity index (χ1) is 9.08. The summed E-state index contributed by atoms with van der Waals surface area (Å²) in [5, 5.41) is 9.53. The molecular formula is C15H20BrNO2. The molecule has 1 N–H and O–H groups in total. The Morgan fingerprint density at radius 1 is 1.37 bits per heavy atom. The zero-order valence-electron chi connectivity index (χ0n) is 11.2. The average molecular weight is 326 g/mol. The number of carboxylic acids is 1. The number of hydrogen-bond acceptors (Lipinski definition) is 2. The number of halogens is 1. The van der Waals surface area contributed by atoms with Gasteiger partial charge in [-0.25, -0.2) is 0 Å². The third-order valence-corrected chi connectivity index (χ3v) is 4.30. The molecule has 1 fully saturated rings. The van der Waals surface area contributed by atoms with E-state index in [4.69, 9.17) is 0 Å². The minimum absolute atomic E-state index is 0.435. The van der Waals surface area contributed by atoms with E-state index in [-0.39, 0.29) is 0 Å². The molecule has 1 atom stereocenters. The van der Waals surface area contributed by atoms with Gasteiger partial charge < -0.3 is 10.0 Å². The molecule has 0 aliphatic carbocycles. The van der Waals surface area contributed by atoms with Crippen molar-refractivity contribution >= 4 is 21.9 Å². The second-order valence-electron chi connectivity index (χ2n) is 5.25. The molecule has 0 spiro atoms. The van der Waals surface area contributed by atoms with Gasteiger partial charge in [0.25, 0.3) is 0 Å². The van der Waals surface area contributed by atoms with E-state index >= 15 is 0 Å². The molecule has 0 saturated carbocycles. The van der Waals surface area contributed by atoms with E-state index in [0.29, 0.717) is 6.54 Å². The molecule has 1 heterocycles. The van der Waals surface area contributed by atoms with Crippen molar-refractivity contribution in [3.05, 3.63) is 33.8 Å². The van der Waals surface area contributed by atoms with Gasteiger partial charge in [0.15, 0.2) is 0 Å². The van der Waals surface area contributed by atoms with E-state index in [2.05, 4.69) is 20.8 Å². The molecule has 1 aromatic carbocycles. The number of piperidine rings is 1. The highest BCUT2D eigenvalue weighted by atomic mass is 79.9. The summed E-state index contributed by atoms with van der Waals surface area (Å²) < 4.78 is 0.943. The van der Waals surface area contributed by atoms with Crippen LogP contribution >= 0.6 is 15.9 Å². The van der Waals surface area contributed by atoms with E-state index in [9.17, 15) is 9.90 Å². The summed E-state index contributed by atoms with van der Waals surface area (Å²) in [6, 6.07) is 5.88. The van der Waals surface area contributed by atoms with E-state index in [1.807, 2.05) is 25.1 Å². The van der Waals surface area contributed by atoms with Crippen LogP contribution in [0.15, 0.2) is 22.7 Å². The van der Waals surface area contributed by atoms with Crippen LogP contribution in [0.1, 0.15) is 36.3 Å². The minimum Gasteiger partial charge on any atom is -0.481 e. The predicted molar refractivity (Wildman–Crippen MR) is 79.5 cm³/mol. The maximum Gasteiger partial charge on any atom is 0.312 e. The Hall–Kier alpha value is -0.870. The average Bonchev–Trinajstić information content (AvgIpc) is 2.40. The number of nitrogens with zero attached hydrogens (tertiary/aromatic N) is 1.